The van der Waals surface area contributed by atoms with Crippen molar-refractivity contribution in [3.05, 3.63) is 54.0 Å². The third kappa shape index (κ3) is 4.27. The molecule has 0 bridgehead atoms. The first-order valence-electron chi connectivity index (χ1n) is 9.93. The standard InChI is InChI=1S/C21H27N5O/c27-21(26-11-4-1-5-12-26)19-8-6-10-23-20(19)25-15-13-24(14-16-25)17-18-7-2-3-9-22-18/h2-3,6-10H,1,4-5,11-17H2. The maximum Gasteiger partial charge on any atom is 0.257 e. The average molecular weight is 365 g/mol. The molecule has 2 fully saturated rings. The van der Waals surface area contributed by atoms with Crippen molar-refractivity contribution in [1.29, 1.82) is 0 Å². The molecule has 0 aliphatic carbocycles. The van der Waals surface area contributed by atoms with Gasteiger partial charge in [-0.15, -0.1) is 0 Å². The largest absolute Gasteiger partial charge is 0.353 e. The van der Waals surface area contributed by atoms with Gasteiger partial charge in [-0.05, 0) is 43.5 Å². The van der Waals surface area contributed by atoms with Crippen molar-refractivity contribution in [2.24, 2.45) is 0 Å². The van der Waals surface area contributed by atoms with Gasteiger partial charge in [-0.3, -0.25) is 14.7 Å². The number of rotatable bonds is 4. The third-order valence-corrected chi connectivity index (χ3v) is 5.44. The summed E-state index contributed by atoms with van der Waals surface area (Å²) in [7, 11) is 0. The zero-order chi connectivity index (χ0) is 18.5. The Morgan fingerprint density at radius 3 is 2.37 bits per heavy atom. The van der Waals surface area contributed by atoms with Crippen molar-refractivity contribution >= 4 is 11.7 Å². The highest BCUT2D eigenvalue weighted by atomic mass is 16.2. The van der Waals surface area contributed by atoms with Crippen LogP contribution in [0.4, 0.5) is 5.82 Å². The maximum atomic E-state index is 13.0. The second-order valence-electron chi connectivity index (χ2n) is 7.31. The van der Waals surface area contributed by atoms with Crippen LogP contribution in [0.1, 0.15) is 35.3 Å². The normalized spacial score (nSPS) is 18.5. The summed E-state index contributed by atoms with van der Waals surface area (Å²) in [5, 5.41) is 0. The molecule has 2 aromatic rings. The number of hydrogen-bond donors (Lipinski definition) is 0. The Hall–Kier alpha value is -2.47. The second-order valence-corrected chi connectivity index (χ2v) is 7.31. The van der Waals surface area contributed by atoms with Crippen molar-refractivity contribution < 1.29 is 4.79 Å². The van der Waals surface area contributed by atoms with Crippen LogP contribution in [-0.2, 0) is 6.54 Å². The van der Waals surface area contributed by atoms with Crippen LogP contribution in [0, 0.1) is 0 Å². The van der Waals surface area contributed by atoms with E-state index in [4.69, 9.17) is 0 Å². The number of hydrogen-bond acceptors (Lipinski definition) is 5. The van der Waals surface area contributed by atoms with Crippen LogP contribution in [0.15, 0.2) is 42.7 Å². The summed E-state index contributed by atoms with van der Waals surface area (Å²) in [5.74, 6) is 0.972. The first kappa shape index (κ1) is 17.9. The molecule has 1 amide bonds. The van der Waals surface area contributed by atoms with Crippen molar-refractivity contribution in [1.82, 2.24) is 19.8 Å². The molecule has 0 unspecified atom stereocenters. The SMILES string of the molecule is O=C(c1cccnc1N1CCN(Cc2ccccn2)CC1)N1CCCCC1. The van der Waals surface area contributed by atoms with E-state index in [1.54, 1.807) is 6.20 Å². The van der Waals surface area contributed by atoms with E-state index in [1.165, 1.54) is 6.42 Å². The van der Waals surface area contributed by atoms with Gasteiger partial charge in [-0.1, -0.05) is 6.07 Å². The van der Waals surface area contributed by atoms with Gasteiger partial charge in [0.15, 0.2) is 0 Å². The molecule has 27 heavy (non-hydrogen) atoms. The monoisotopic (exact) mass is 365 g/mol. The zero-order valence-electron chi connectivity index (χ0n) is 15.8. The number of anilines is 1. The number of carbonyl (C=O) groups is 1. The van der Waals surface area contributed by atoms with Gasteiger partial charge in [-0.25, -0.2) is 4.98 Å². The highest BCUT2D eigenvalue weighted by Crippen LogP contribution is 2.22. The Morgan fingerprint density at radius 1 is 0.852 bits per heavy atom. The zero-order valence-corrected chi connectivity index (χ0v) is 15.8. The molecule has 4 heterocycles. The van der Waals surface area contributed by atoms with Crippen LogP contribution in [0.5, 0.6) is 0 Å². The van der Waals surface area contributed by atoms with Crippen molar-refractivity contribution in [3.63, 3.8) is 0 Å². The number of nitrogens with zero attached hydrogens (tertiary/aromatic N) is 5. The second kappa shape index (κ2) is 8.48. The van der Waals surface area contributed by atoms with E-state index in [9.17, 15) is 4.79 Å². The smallest absolute Gasteiger partial charge is 0.257 e. The Labute approximate surface area is 160 Å². The van der Waals surface area contributed by atoms with Gasteiger partial charge >= 0.3 is 0 Å². The lowest BCUT2D eigenvalue weighted by Crippen LogP contribution is -2.47. The molecule has 2 aromatic heterocycles. The molecule has 0 atom stereocenters. The van der Waals surface area contributed by atoms with Crippen LogP contribution >= 0.6 is 0 Å². The first-order valence-corrected chi connectivity index (χ1v) is 9.93. The van der Waals surface area contributed by atoms with Gasteiger partial charge in [0.1, 0.15) is 5.82 Å². The lowest BCUT2D eigenvalue weighted by Gasteiger charge is -2.36. The Morgan fingerprint density at radius 2 is 1.63 bits per heavy atom. The van der Waals surface area contributed by atoms with Gasteiger partial charge in [-0.2, -0.15) is 0 Å². The number of carbonyl (C=O) groups excluding carboxylic acids is 1. The molecule has 0 spiro atoms. The van der Waals surface area contributed by atoms with Crippen molar-refractivity contribution in [2.45, 2.75) is 25.8 Å². The summed E-state index contributed by atoms with van der Waals surface area (Å²) in [6, 6.07) is 9.85. The minimum Gasteiger partial charge on any atom is -0.353 e. The van der Waals surface area contributed by atoms with Crippen molar-refractivity contribution in [3.8, 4) is 0 Å². The van der Waals surface area contributed by atoms with Crippen molar-refractivity contribution in [2.75, 3.05) is 44.2 Å². The van der Waals surface area contributed by atoms with E-state index in [2.05, 4.69) is 25.8 Å². The lowest BCUT2D eigenvalue weighted by molar-refractivity contribution is 0.0724. The molecule has 2 aliphatic rings. The third-order valence-electron chi connectivity index (χ3n) is 5.44. The number of piperidine rings is 1. The predicted molar refractivity (Wildman–Crippen MR) is 106 cm³/mol. The van der Waals surface area contributed by atoms with Gasteiger partial charge in [0, 0.05) is 58.2 Å². The van der Waals surface area contributed by atoms with Crippen LogP contribution in [0.25, 0.3) is 0 Å². The molecule has 2 aliphatic heterocycles. The van der Waals surface area contributed by atoms with Gasteiger partial charge in [0.2, 0.25) is 0 Å². The van der Waals surface area contributed by atoms with E-state index in [-0.39, 0.29) is 5.91 Å². The van der Waals surface area contributed by atoms with E-state index in [0.717, 1.165) is 75.7 Å². The Bertz CT molecular complexity index is 752. The van der Waals surface area contributed by atoms with Crippen LogP contribution in [0.3, 0.4) is 0 Å². The quantitative estimate of drug-likeness (QED) is 0.833. The molecular formula is C21H27N5O. The van der Waals surface area contributed by atoms with E-state index >= 15 is 0 Å². The Kier molecular flexibility index (Phi) is 5.63. The maximum absolute atomic E-state index is 13.0. The summed E-state index contributed by atoms with van der Waals surface area (Å²) < 4.78 is 0. The van der Waals surface area contributed by atoms with Gasteiger partial charge in [0.05, 0.1) is 11.3 Å². The average Bonchev–Trinajstić information content (AvgIpc) is 2.75. The minimum absolute atomic E-state index is 0.133. The first-order chi connectivity index (χ1) is 13.3. The molecule has 0 radical (unpaired) electrons. The van der Waals surface area contributed by atoms with E-state index in [0.29, 0.717) is 0 Å². The van der Waals surface area contributed by atoms with Gasteiger partial charge < -0.3 is 9.80 Å². The minimum atomic E-state index is 0.133. The fourth-order valence-electron chi connectivity index (χ4n) is 3.92. The molecular weight excluding hydrogens is 338 g/mol. The van der Waals surface area contributed by atoms with E-state index in [1.807, 2.05) is 35.4 Å². The van der Waals surface area contributed by atoms with Crippen LogP contribution < -0.4 is 4.90 Å². The number of amides is 1. The number of pyridine rings is 2. The molecule has 4 rings (SSSR count). The summed E-state index contributed by atoms with van der Waals surface area (Å²) in [4.78, 5) is 28.7. The van der Waals surface area contributed by atoms with E-state index < -0.39 is 0 Å². The summed E-state index contributed by atoms with van der Waals surface area (Å²) in [6.07, 6.45) is 7.07. The van der Waals surface area contributed by atoms with Crippen LogP contribution in [0.2, 0.25) is 0 Å². The summed E-state index contributed by atoms with van der Waals surface area (Å²) in [5.41, 5.74) is 1.85. The molecule has 0 saturated carbocycles. The fourth-order valence-corrected chi connectivity index (χ4v) is 3.92. The molecule has 0 aromatic carbocycles. The number of piperazine rings is 1. The molecule has 142 valence electrons. The predicted octanol–water partition coefficient (Wildman–Crippen LogP) is 2.42. The molecule has 0 N–H and O–H groups in total. The molecule has 2 saturated heterocycles. The fraction of sp³-hybridized carbons (Fsp3) is 0.476. The highest BCUT2D eigenvalue weighted by Gasteiger charge is 2.26. The molecule has 6 heteroatoms. The molecule has 6 nitrogen and oxygen atoms in total. The highest BCUT2D eigenvalue weighted by molar-refractivity contribution is 5.99. The van der Waals surface area contributed by atoms with Gasteiger partial charge in [0.25, 0.3) is 5.91 Å². The van der Waals surface area contributed by atoms with Crippen LogP contribution in [-0.4, -0.2) is 64.9 Å². The number of likely N-dealkylation sites (tertiary alicyclic amines) is 1. The number of aromatic nitrogens is 2. The lowest BCUT2D eigenvalue weighted by atomic mass is 10.1. The topological polar surface area (TPSA) is 52.6 Å². The summed E-state index contributed by atoms with van der Waals surface area (Å²) in [6.45, 7) is 6.26. The Balaban J connectivity index is 1.42. The summed E-state index contributed by atoms with van der Waals surface area (Å²) >= 11 is 0.